The van der Waals surface area contributed by atoms with Crippen LogP contribution in [0.15, 0.2) is 77.4 Å². The summed E-state index contributed by atoms with van der Waals surface area (Å²) in [5, 5.41) is 2.74. The number of nitrogens with one attached hydrogen (secondary N) is 1. The average Bonchev–Trinajstić information content (AvgIpc) is 3.19. The zero-order valence-electron chi connectivity index (χ0n) is 13.8. The normalized spacial score (nSPS) is 10.4. The molecule has 0 radical (unpaired) electrons. The fraction of sp³-hybridized carbons (Fsp3) is 0.143. The Bertz CT molecular complexity index is 821. The molecular formula is C21H19NO3. The van der Waals surface area contributed by atoms with Crippen LogP contribution in [-0.4, -0.2) is 11.7 Å². The minimum absolute atomic E-state index is 0.0345. The zero-order valence-corrected chi connectivity index (χ0v) is 13.8. The summed E-state index contributed by atoms with van der Waals surface area (Å²) in [7, 11) is 0. The van der Waals surface area contributed by atoms with Crippen LogP contribution in [0.25, 0.3) is 11.1 Å². The number of carbonyl (C=O) groups is 2. The van der Waals surface area contributed by atoms with Gasteiger partial charge in [0.05, 0.1) is 12.8 Å². The summed E-state index contributed by atoms with van der Waals surface area (Å²) in [6, 6.07) is 21.0. The molecular weight excluding hydrogens is 314 g/mol. The Morgan fingerprint density at radius 3 is 2.20 bits per heavy atom. The lowest BCUT2D eigenvalue weighted by molar-refractivity contribution is -0.121. The largest absolute Gasteiger partial charge is 0.467 e. The highest BCUT2D eigenvalue weighted by atomic mass is 16.3. The van der Waals surface area contributed by atoms with Gasteiger partial charge in [-0.25, -0.2) is 0 Å². The van der Waals surface area contributed by atoms with Crippen molar-refractivity contribution >= 4 is 11.7 Å². The molecule has 4 nitrogen and oxygen atoms in total. The van der Waals surface area contributed by atoms with Crippen molar-refractivity contribution in [3.63, 3.8) is 0 Å². The van der Waals surface area contributed by atoms with E-state index in [1.165, 1.54) is 0 Å². The number of amides is 1. The van der Waals surface area contributed by atoms with E-state index in [-0.39, 0.29) is 24.5 Å². The molecule has 4 heteroatoms. The summed E-state index contributed by atoms with van der Waals surface area (Å²) in [5.74, 6) is 0.495. The molecule has 1 heterocycles. The van der Waals surface area contributed by atoms with Crippen LogP contribution in [0.3, 0.4) is 0 Å². The van der Waals surface area contributed by atoms with Gasteiger partial charge >= 0.3 is 0 Å². The maximum atomic E-state index is 12.2. The lowest BCUT2D eigenvalue weighted by Crippen LogP contribution is -2.23. The van der Waals surface area contributed by atoms with Gasteiger partial charge < -0.3 is 9.73 Å². The van der Waals surface area contributed by atoms with Crippen molar-refractivity contribution < 1.29 is 14.0 Å². The summed E-state index contributed by atoms with van der Waals surface area (Å²) >= 11 is 0. The van der Waals surface area contributed by atoms with Gasteiger partial charge in [0.1, 0.15) is 5.76 Å². The van der Waals surface area contributed by atoms with E-state index >= 15 is 0 Å². The second kappa shape index (κ2) is 8.11. The molecule has 25 heavy (non-hydrogen) atoms. The van der Waals surface area contributed by atoms with E-state index in [0.29, 0.717) is 17.9 Å². The number of Topliss-reactive ketones (excluding diaryl/α,β-unsaturated/α-hetero) is 1. The third-order valence-corrected chi connectivity index (χ3v) is 3.93. The SMILES string of the molecule is O=C(CCC(=O)c1ccc(-c2ccccc2)cc1)NCc1ccco1. The van der Waals surface area contributed by atoms with Gasteiger partial charge in [-0.05, 0) is 23.3 Å². The van der Waals surface area contributed by atoms with Crippen molar-refractivity contribution in [2.24, 2.45) is 0 Å². The van der Waals surface area contributed by atoms with Crippen LogP contribution in [0.5, 0.6) is 0 Å². The van der Waals surface area contributed by atoms with Crippen LogP contribution in [0, 0.1) is 0 Å². The van der Waals surface area contributed by atoms with E-state index in [9.17, 15) is 9.59 Å². The molecule has 126 valence electrons. The number of benzene rings is 2. The van der Waals surface area contributed by atoms with E-state index in [2.05, 4.69) is 5.32 Å². The first kappa shape index (κ1) is 16.7. The van der Waals surface area contributed by atoms with Gasteiger partial charge in [0.2, 0.25) is 5.91 Å². The molecule has 1 amide bonds. The predicted molar refractivity (Wildman–Crippen MR) is 96.0 cm³/mol. The lowest BCUT2D eigenvalue weighted by atomic mass is 10.0. The average molecular weight is 333 g/mol. The summed E-state index contributed by atoms with van der Waals surface area (Å²) in [5.41, 5.74) is 2.80. The molecule has 0 aliphatic heterocycles. The van der Waals surface area contributed by atoms with Crippen LogP contribution in [0.2, 0.25) is 0 Å². The van der Waals surface area contributed by atoms with Crippen LogP contribution < -0.4 is 5.32 Å². The minimum atomic E-state index is -0.161. The van der Waals surface area contributed by atoms with Crippen molar-refractivity contribution in [1.82, 2.24) is 5.32 Å². The topological polar surface area (TPSA) is 59.3 Å². The molecule has 0 saturated heterocycles. The summed E-state index contributed by atoms with van der Waals surface area (Å²) in [4.78, 5) is 24.0. The Balaban J connectivity index is 1.50. The second-order valence-corrected chi connectivity index (χ2v) is 5.72. The Hall–Kier alpha value is -3.14. The number of hydrogen-bond donors (Lipinski definition) is 1. The number of rotatable bonds is 7. The van der Waals surface area contributed by atoms with E-state index in [1.807, 2.05) is 54.6 Å². The Morgan fingerprint density at radius 2 is 1.52 bits per heavy atom. The zero-order chi connectivity index (χ0) is 17.5. The first-order chi connectivity index (χ1) is 12.2. The number of furan rings is 1. The smallest absolute Gasteiger partial charge is 0.220 e. The van der Waals surface area contributed by atoms with Crippen molar-refractivity contribution in [3.8, 4) is 11.1 Å². The van der Waals surface area contributed by atoms with Gasteiger partial charge in [-0.1, -0.05) is 54.6 Å². The van der Waals surface area contributed by atoms with Gasteiger partial charge in [0.15, 0.2) is 5.78 Å². The molecule has 2 aromatic carbocycles. The quantitative estimate of drug-likeness (QED) is 0.658. The standard InChI is InChI=1S/C21H19NO3/c23-20(12-13-21(24)22-15-19-7-4-14-25-19)18-10-8-17(9-11-18)16-5-2-1-3-6-16/h1-11,14H,12-13,15H2,(H,22,24). The third kappa shape index (κ3) is 4.67. The highest BCUT2D eigenvalue weighted by Crippen LogP contribution is 2.19. The maximum absolute atomic E-state index is 12.2. The predicted octanol–water partition coefficient (Wildman–Crippen LogP) is 4.23. The van der Waals surface area contributed by atoms with E-state index in [4.69, 9.17) is 4.42 Å². The highest BCUT2D eigenvalue weighted by Gasteiger charge is 2.10. The molecule has 1 aromatic heterocycles. The first-order valence-corrected chi connectivity index (χ1v) is 8.20. The van der Waals surface area contributed by atoms with Crippen LogP contribution >= 0.6 is 0 Å². The molecule has 0 spiro atoms. The molecule has 0 unspecified atom stereocenters. The van der Waals surface area contributed by atoms with Crippen LogP contribution in [0.4, 0.5) is 0 Å². The van der Waals surface area contributed by atoms with Crippen molar-refractivity contribution in [3.05, 3.63) is 84.3 Å². The Morgan fingerprint density at radius 1 is 0.800 bits per heavy atom. The van der Waals surface area contributed by atoms with E-state index in [1.54, 1.807) is 18.4 Å². The molecule has 3 rings (SSSR count). The molecule has 0 aliphatic rings. The molecule has 0 bridgehead atoms. The molecule has 0 saturated carbocycles. The number of hydrogen-bond acceptors (Lipinski definition) is 3. The lowest BCUT2D eigenvalue weighted by Gasteiger charge is -2.05. The Labute approximate surface area is 146 Å². The van der Waals surface area contributed by atoms with Gasteiger partial charge in [-0.2, -0.15) is 0 Å². The summed E-state index contributed by atoms with van der Waals surface area (Å²) in [6.45, 7) is 0.339. The van der Waals surface area contributed by atoms with E-state index in [0.717, 1.165) is 11.1 Å². The second-order valence-electron chi connectivity index (χ2n) is 5.72. The number of ketones is 1. The molecule has 1 N–H and O–H groups in total. The third-order valence-electron chi connectivity index (χ3n) is 3.93. The number of carbonyl (C=O) groups excluding carboxylic acids is 2. The van der Waals surface area contributed by atoms with Crippen molar-refractivity contribution in [2.45, 2.75) is 19.4 Å². The van der Waals surface area contributed by atoms with Gasteiger partial charge in [-0.15, -0.1) is 0 Å². The van der Waals surface area contributed by atoms with Crippen LogP contribution in [0.1, 0.15) is 29.0 Å². The summed E-state index contributed by atoms with van der Waals surface area (Å²) < 4.78 is 5.14. The minimum Gasteiger partial charge on any atom is -0.467 e. The molecule has 0 fully saturated rings. The van der Waals surface area contributed by atoms with Gasteiger partial charge in [0, 0.05) is 18.4 Å². The van der Waals surface area contributed by atoms with Crippen molar-refractivity contribution in [2.75, 3.05) is 0 Å². The van der Waals surface area contributed by atoms with E-state index < -0.39 is 0 Å². The fourth-order valence-electron chi connectivity index (χ4n) is 2.54. The molecule has 0 atom stereocenters. The molecule has 0 aliphatic carbocycles. The monoisotopic (exact) mass is 333 g/mol. The van der Waals surface area contributed by atoms with Crippen LogP contribution in [-0.2, 0) is 11.3 Å². The highest BCUT2D eigenvalue weighted by molar-refractivity contribution is 5.98. The first-order valence-electron chi connectivity index (χ1n) is 8.20. The Kier molecular flexibility index (Phi) is 5.42. The van der Waals surface area contributed by atoms with Gasteiger partial charge in [-0.3, -0.25) is 9.59 Å². The van der Waals surface area contributed by atoms with Gasteiger partial charge in [0.25, 0.3) is 0 Å². The van der Waals surface area contributed by atoms with Crippen molar-refractivity contribution in [1.29, 1.82) is 0 Å². The fourth-order valence-corrected chi connectivity index (χ4v) is 2.54. The maximum Gasteiger partial charge on any atom is 0.220 e. The summed E-state index contributed by atoms with van der Waals surface area (Å²) in [6.07, 6.45) is 1.92. The molecule has 3 aromatic rings.